The highest BCUT2D eigenvalue weighted by Crippen LogP contribution is 2.39. The van der Waals surface area contributed by atoms with Crippen LogP contribution in [-0.2, 0) is 16.1 Å². The van der Waals surface area contributed by atoms with Gasteiger partial charge in [-0.3, -0.25) is 0 Å². The van der Waals surface area contributed by atoms with Crippen LogP contribution in [0.1, 0.15) is 57.4 Å². The Bertz CT molecular complexity index is 679. The maximum atomic E-state index is 14.5. The van der Waals surface area contributed by atoms with E-state index in [0.29, 0.717) is 5.56 Å². The Labute approximate surface area is 169 Å². The third-order valence-corrected chi connectivity index (χ3v) is 5.73. The van der Waals surface area contributed by atoms with Gasteiger partial charge >= 0.3 is 18.0 Å². The summed E-state index contributed by atoms with van der Waals surface area (Å²) in [5.41, 5.74) is -2.21. The fraction of sp³-hybridized carbons (Fsp3) is 0.619. The molecule has 0 aromatic heterocycles. The molecule has 162 valence electrons. The van der Waals surface area contributed by atoms with Gasteiger partial charge < -0.3 is 20.3 Å². The van der Waals surface area contributed by atoms with Crippen molar-refractivity contribution in [2.75, 3.05) is 0 Å². The molecular formula is C21H29F2NO5. The molecule has 0 aliphatic heterocycles. The normalized spacial score (nSPS) is 18.5. The van der Waals surface area contributed by atoms with Gasteiger partial charge in [0, 0.05) is 0 Å². The number of carboxylic acid groups (broad SMARTS) is 1. The number of alkyl carbamates (subject to hydrolysis) is 1. The maximum absolute atomic E-state index is 14.5. The van der Waals surface area contributed by atoms with Gasteiger partial charge in [0.1, 0.15) is 6.61 Å². The number of benzene rings is 1. The minimum Gasteiger partial charge on any atom is -0.477 e. The second kappa shape index (κ2) is 10.0. The molecule has 1 aliphatic carbocycles. The Morgan fingerprint density at radius 1 is 1.21 bits per heavy atom. The van der Waals surface area contributed by atoms with Crippen LogP contribution in [0.5, 0.6) is 0 Å². The largest absolute Gasteiger partial charge is 0.477 e. The number of halogens is 2. The zero-order chi connectivity index (χ0) is 21.5. The summed E-state index contributed by atoms with van der Waals surface area (Å²) in [7, 11) is 0. The van der Waals surface area contributed by atoms with Crippen molar-refractivity contribution in [3.05, 3.63) is 35.9 Å². The smallest absolute Gasteiger partial charge is 0.407 e. The van der Waals surface area contributed by atoms with Crippen molar-refractivity contribution in [1.29, 1.82) is 0 Å². The van der Waals surface area contributed by atoms with E-state index in [2.05, 4.69) is 5.32 Å². The van der Waals surface area contributed by atoms with Crippen LogP contribution >= 0.6 is 0 Å². The molecule has 1 fully saturated rings. The average Bonchev–Trinajstić information content (AvgIpc) is 2.72. The second-order valence-electron chi connectivity index (χ2n) is 7.66. The number of alkyl halides is 2. The van der Waals surface area contributed by atoms with E-state index in [1.165, 1.54) is 6.92 Å². The molecule has 29 heavy (non-hydrogen) atoms. The number of aliphatic hydroxyl groups is 1. The fourth-order valence-electron chi connectivity index (χ4n) is 3.91. The Morgan fingerprint density at radius 2 is 1.83 bits per heavy atom. The fourth-order valence-corrected chi connectivity index (χ4v) is 3.91. The van der Waals surface area contributed by atoms with Gasteiger partial charge in [0.15, 0.2) is 5.60 Å². The quantitative estimate of drug-likeness (QED) is 0.566. The van der Waals surface area contributed by atoms with Gasteiger partial charge in [-0.15, -0.1) is 0 Å². The van der Waals surface area contributed by atoms with Crippen LogP contribution in [0, 0.1) is 5.92 Å². The summed E-state index contributed by atoms with van der Waals surface area (Å²) in [6.45, 7) is 1.21. The van der Waals surface area contributed by atoms with Crippen LogP contribution in [0.4, 0.5) is 13.6 Å². The van der Waals surface area contributed by atoms with Crippen molar-refractivity contribution in [2.45, 2.75) is 76.0 Å². The van der Waals surface area contributed by atoms with Gasteiger partial charge in [-0.25, -0.2) is 9.59 Å². The minimum atomic E-state index is -4.42. The third kappa shape index (κ3) is 5.65. The molecule has 0 saturated heterocycles. The zero-order valence-electron chi connectivity index (χ0n) is 16.6. The molecule has 1 amide bonds. The molecular weight excluding hydrogens is 384 g/mol. The molecule has 1 saturated carbocycles. The molecule has 2 rings (SSSR count). The number of carbonyl (C=O) groups excluding carboxylic acids is 1. The average molecular weight is 413 g/mol. The van der Waals surface area contributed by atoms with Crippen molar-refractivity contribution in [3.8, 4) is 0 Å². The molecule has 8 heteroatoms. The predicted octanol–water partition coefficient (Wildman–Crippen LogP) is 4.11. The number of rotatable bonds is 9. The minimum absolute atomic E-state index is 0.0193. The van der Waals surface area contributed by atoms with E-state index < -0.39 is 36.0 Å². The monoisotopic (exact) mass is 413 g/mol. The Hall–Kier alpha value is -2.22. The zero-order valence-corrected chi connectivity index (χ0v) is 16.6. The van der Waals surface area contributed by atoms with Crippen molar-refractivity contribution in [1.82, 2.24) is 5.32 Å². The van der Waals surface area contributed by atoms with E-state index in [0.717, 1.165) is 32.1 Å². The number of hydrogen-bond acceptors (Lipinski definition) is 4. The van der Waals surface area contributed by atoms with E-state index >= 15 is 0 Å². The maximum Gasteiger partial charge on any atom is 0.407 e. The first-order valence-electron chi connectivity index (χ1n) is 10.0. The standard InChI is InChI=1S/C21H29F2NO5/c1-2-20(28,21(22,23)18(25)26)17(13-15-9-5-3-6-10-15)24-19(27)29-14-16-11-7-4-8-12-16/h4,7-8,11-12,15,17,28H,2-3,5-6,9-10,13-14H2,1H3,(H,24,27)(H,25,26). The van der Waals surface area contributed by atoms with Crippen LogP contribution in [0.15, 0.2) is 30.3 Å². The number of amides is 1. The SMILES string of the molecule is CCC(O)(C(CC1CCCCC1)NC(=O)OCc1ccccc1)C(F)(F)C(=O)O. The molecule has 1 aliphatic rings. The summed E-state index contributed by atoms with van der Waals surface area (Å²) in [6.07, 6.45) is 3.06. The van der Waals surface area contributed by atoms with Gasteiger partial charge in [0.2, 0.25) is 0 Å². The molecule has 2 unspecified atom stereocenters. The highest BCUT2D eigenvalue weighted by atomic mass is 19.3. The van der Waals surface area contributed by atoms with Crippen LogP contribution in [-0.4, -0.2) is 39.8 Å². The van der Waals surface area contributed by atoms with E-state index in [1.54, 1.807) is 30.3 Å². The Balaban J connectivity index is 2.16. The topological polar surface area (TPSA) is 95.9 Å². The van der Waals surface area contributed by atoms with E-state index in [1.807, 2.05) is 0 Å². The lowest BCUT2D eigenvalue weighted by Crippen LogP contribution is -2.65. The van der Waals surface area contributed by atoms with Crippen LogP contribution in [0.25, 0.3) is 0 Å². The summed E-state index contributed by atoms with van der Waals surface area (Å²) >= 11 is 0. The number of nitrogens with one attached hydrogen (secondary N) is 1. The summed E-state index contributed by atoms with van der Waals surface area (Å²) in [4.78, 5) is 23.5. The summed E-state index contributed by atoms with van der Waals surface area (Å²) in [5, 5.41) is 22.1. The molecule has 1 aromatic carbocycles. The summed E-state index contributed by atoms with van der Waals surface area (Å²) in [5.74, 6) is -6.82. The number of aliphatic carboxylic acids is 1. The van der Waals surface area contributed by atoms with Crippen LogP contribution in [0.3, 0.4) is 0 Å². The molecule has 0 radical (unpaired) electrons. The van der Waals surface area contributed by atoms with Gasteiger partial charge in [-0.05, 0) is 24.3 Å². The first-order valence-corrected chi connectivity index (χ1v) is 10.0. The van der Waals surface area contributed by atoms with Crippen molar-refractivity contribution < 1.29 is 33.3 Å². The van der Waals surface area contributed by atoms with Gasteiger partial charge in [-0.1, -0.05) is 69.4 Å². The van der Waals surface area contributed by atoms with Crippen molar-refractivity contribution in [2.24, 2.45) is 5.92 Å². The van der Waals surface area contributed by atoms with Crippen molar-refractivity contribution >= 4 is 12.1 Å². The summed E-state index contributed by atoms with van der Waals surface area (Å²) < 4.78 is 34.0. The first-order chi connectivity index (χ1) is 13.7. The molecule has 0 bridgehead atoms. The third-order valence-electron chi connectivity index (χ3n) is 5.73. The summed E-state index contributed by atoms with van der Waals surface area (Å²) in [6, 6.07) is 7.38. The van der Waals surface area contributed by atoms with Gasteiger partial charge in [-0.2, -0.15) is 8.78 Å². The Kier molecular flexibility index (Phi) is 7.96. The van der Waals surface area contributed by atoms with E-state index in [-0.39, 0.29) is 18.9 Å². The first kappa shape index (κ1) is 23.1. The lowest BCUT2D eigenvalue weighted by Gasteiger charge is -2.41. The van der Waals surface area contributed by atoms with Crippen LogP contribution < -0.4 is 5.32 Å². The highest BCUT2D eigenvalue weighted by Gasteiger charge is 2.62. The van der Waals surface area contributed by atoms with E-state index in [4.69, 9.17) is 9.84 Å². The highest BCUT2D eigenvalue weighted by molar-refractivity contribution is 5.77. The predicted molar refractivity (Wildman–Crippen MR) is 103 cm³/mol. The van der Waals surface area contributed by atoms with Gasteiger partial charge in [0.25, 0.3) is 0 Å². The Morgan fingerprint density at radius 3 is 2.38 bits per heavy atom. The number of ether oxygens (including phenoxy) is 1. The molecule has 3 N–H and O–H groups in total. The molecule has 6 nitrogen and oxygen atoms in total. The lowest BCUT2D eigenvalue weighted by molar-refractivity contribution is -0.218. The number of carbonyl (C=O) groups is 2. The molecule has 0 heterocycles. The van der Waals surface area contributed by atoms with Crippen LogP contribution in [0.2, 0.25) is 0 Å². The van der Waals surface area contributed by atoms with E-state index in [9.17, 15) is 23.5 Å². The molecule has 1 aromatic rings. The second-order valence-corrected chi connectivity index (χ2v) is 7.66. The van der Waals surface area contributed by atoms with Gasteiger partial charge in [0.05, 0.1) is 6.04 Å². The molecule has 2 atom stereocenters. The number of carboxylic acids is 1. The number of hydrogen-bond donors (Lipinski definition) is 3. The van der Waals surface area contributed by atoms with Crippen molar-refractivity contribution in [3.63, 3.8) is 0 Å². The molecule has 0 spiro atoms. The lowest BCUT2D eigenvalue weighted by atomic mass is 9.76.